The molecule has 0 aliphatic rings. The van der Waals surface area contributed by atoms with Crippen LogP contribution in [0.1, 0.15) is 39.8 Å². The smallest absolute Gasteiger partial charge is 0.328 e. The summed E-state index contributed by atoms with van der Waals surface area (Å²) < 4.78 is 0. The maximum atomic E-state index is 12.9. The number of aliphatic carboxylic acids is 1. The first-order chi connectivity index (χ1) is 15.3. The maximum absolute atomic E-state index is 12.9. The molecule has 6 unspecified atom stereocenters. The molecule has 0 aliphatic carbocycles. The number of nitrogens with zero attached hydrogens (tertiary/aromatic N) is 1. The van der Waals surface area contributed by atoms with Crippen LogP contribution >= 0.6 is 0 Å². The van der Waals surface area contributed by atoms with Crippen LogP contribution in [-0.4, -0.2) is 85.4 Å². The molecule has 13 heteroatoms. The van der Waals surface area contributed by atoms with Crippen molar-refractivity contribution in [3.8, 4) is 0 Å². The minimum atomic E-state index is -1.61. The highest BCUT2D eigenvalue weighted by molar-refractivity contribution is 5.94. The third kappa shape index (κ3) is 9.16. The van der Waals surface area contributed by atoms with Gasteiger partial charge in [0.25, 0.3) is 0 Å². The first-order valence-corrected chi connectivity index (χ1v) is 10.6. The number of carbonyl (C=O) groups excluding carboxylic acids is 3. The summed E-state index contributed by atoms with van der Waals surface area (Å²) in [6, 6.07) is -5.23. The first-order valence-electron chi connectivity index (χ1n) is 10.6. The number of imidazole rings is 1. The Morgan fingerprint density at radius 2 is 1.55 bits per heavy atom. The number of aromatic amines is 1. The summed E-state index contributed by atoms with van der Waals surface area (Å²) >= 11 is 0. The molecule has 0 bridgehead atoms. The van der Waals surface area contributed by atoms with E-state index in [4.69, 9.17) is 5.73 Å². The van der Waals surface area contributed by atoms with Crippen molar-refractivity contribution in [3.63, 3.8) is 0 Å². The van der Waals surface area contributed by atoms with E-state index in [1.807, 2.05) is 13.8 Å². The van der Waals surface area contributed by atoms with Crippen LogP contribution in [0.4, 0.5) is 0 Å². The van der Waals surface area contributed by atoms with Crippen LogP contribution in [0.3, 0.4) is 0 Å². The van der Waals surface area contributed by atoms with E-state index < -0.39 is 60.1 Å². The third-order valence-corrected chi connectivity index (χ3v) is 4.78. The zero-order valence-corrected chi connectivity index (χ0v) is 19.1. The van der Waals surface area contributed by atoms with Gasteiger partial charge in [-0.1, -0.05) is 13.8 Å². The Balaban J connectivity index is 3.02. The minimum Gasteiger partial charge on any atom is -0.480 e. The number of aromatic nitrogens is 2. The van der Waals surface area contributed by atoms with Gasteiger partial charge in [0.05, 0.1) is 24.6 Å². The van der Waals surface area contributed by atoms with Crippen LogP contribution in [0, 0.1) is 5.92 Å². The molecule has 6 atom stereocenters. The van der Waals surface area contributed by atoms with Gasteiger partial charge in [0.15, 0.2) is 6.04 Å². The predicted molar refractivity (Wildman–Crippen MR) is 117 cm³/mol. The van der Waals surface area contributed by atoms with Crippen LogP contribution in [0.25, 0.3) is 0 Å². The molecule has 13 nitrogen and oxygen atoms in total. The molecule has 0 aromatic carbocycles. The summed E-state index contributed by atoms with van der Waals surface area (Å²) in [5.74, 6) is -3.74. The lowest BCUT2D eigenvalue weighted by atomic mass is 10.0. The van der Waals surface area contributed by atoms with E-state index in [0.29, 0.717) is 12.1 Å². The minimum absolute atomic E-state index is 0.100. The lowest BCUT2D eigenvalue weighted by Gasteiger charge is -2.27. The highest BCUT2D eigenvalue weighted by Crippen LogP contribution is 2.06. The van der Waals surface area contributed by atoms with Gasteiger partial charge in [-0.25, -0.2) is 9.78 Å². The van der Waals surface area contributed by atoms with E-state index in [2.05, 4.69) is 25.9 Å². The maximum Gasteiger partial charge on any atom is 0.328 e. The second-order valence-electron chi connectivity index (χ2n) is 8.37. The number of aliphatic hydroxyl groups excluding tert-OH is 2. The number of hydrogen-bond donors (Lipinski definition) is 8. The van der Waals surface area contributed by atoms with Crippen LogP contribution < -0.4 is 21.7 Å². The molecule has 0 spiro atoms. The molecule has 0 saturated heterocycles. The third-order valence-electron chi connectivity index (χ3n) is 4.78. The summed E-state index contributed by atoms with van der Waals surface area (Å²) in [6.45, 7) is 6.24. The lowest BCUT2D eigenvalue weighted by molar-refractivity contribution is -0.145. The number of nitrogens with two attached hydrogens (primary N) is 1. The molecule has 0 fully saturated rings. The summed E-state index contributed by atoms with van der Waals surface area (Å²) in [5.41, 5.74) is 6.29. The molecular weight excluding hydrogens is 436 g/mol. The molecule has 9 N–H and O–H groups in total. The highest BCUT2D eigenvalue weighted by Gasteiger charge is 2.33. The summed E-state index contributed by atoms with van der Waals surface area (Å²) in [6.07, 6.45) is 0.311. The van der Waals surface area contributed by atoms with E-state index >= 15 is 0 Å². The zero-order chi connectivity index (χ0) is 25.3. The number of carboxylic acid groups (broad SMARTS) is 1. The Morgan fingerprint density at radius 3 is 2.00 bits per heavy atom. The summed E-state index contributed by atoms with van der Waals surface area (Å²) in [5, 5.41) is 35.9. The molecule has 33 heavy (non-hydrogen) atoms. The van der Waals surface area contributed by atoms with Gasteiger partial charge < -0.3 is 42.0 Å². The van der Waals surface area contributed by atoms with Crippen molar-refractivity contribution >= 4 is 23.7 Å². The number of rotatable bonds is 13. The number of nitrogens with one attached hydrogen (secondary N) is 4. The molecule has 0 radical (unpaired) electrons. The number of hydrogen-bond acceptors (Lipinski definition) is 8. The topological polar surface area (TPSA) is 220 Å². The SMILES string of the molecule is CC(C)CC(N)C(=O)NC(C(=O)NC(Cc1cnc[nH]1)C(=O)NC(C(=O)O)C(C)O)C(C)O. The second-order valence-corrected chi connectivity index (χ2v) is 8.37. The number of aliphatic hydroxyl groups is 2. The predicted octanol–water partition coefficient (Wildman–Crippen LogP) is -2.37. The van der Waals surface area contributed by atoms with Crippen LogP contribution in [0.5, 0.6) is 0 Å². The molecule has 0 aliphatic heterocycles. The number of amides is 3. The zero-order valence-electron chi connectivity index (χ0n) is 19.1. The van der Waals surface area contributed by atoms with Gasteiger partial charge in [-0.2, -0.15) is 0 Å². The number of carbonyl (C=O) groups is 4. The average Bonchev–Trinajstić information content (AvgIpc) is 3.20. The Kier molecular flexibility index (Phi) is 10.9. The normalized spacial score (nSPS) is 16.7. The van der Waals surface area contributed by atoms with Crippen LogP contribution in [0.15, 0.2) is 12.5 Å². The fraction of sp³-hybridized carbons (Fsp3) is 0.650. The van der Waals surface area contributed by atoms with Crippen molar-refractivity contribution in [2.75, 3.05) is 0 Å². The lowest BCUT2D eigenvalue weighted by Crippen LogP contribution is -2.60. The van der Waals surface area contributed by atoms with Crippen molar-refractivity contribution in [1.29, 1.82) is 0 Å². The number of carboxylic acids is 1. The molecule has 1 heterocycles. The van der Waals surface area contributed by atoms with Crippen molar-refractivity contribution < 1.29 is 34.5 Å². The van der Waals surface area contributed by atoms with Crippen LogP contribution in [-0.2, 0) is 25.6 Å². The van der Waals surface area contributed by atoms with Crippen molar-refractivity contribution in [3.05, 3.63) is 18.2 Å². The van der Waals surface area contributed by atoms with E-state index in [0.717, 1.165) is 0 Å². The number of H-pyrrole nitrogens is 1. The van der Waals surface area contributed by atoms with E-state index in [1.54, 1.807) is 0 Å². The molecule has 1 rings (SSSR count). The molecule has 1 aromatic heterocycles. The highest BCUT2D eigenvalue weighted by atomic mass is 16.4. The largest absolute Gasteiger partial charge is 0.480 e. The van der Waals surface area contributed by atoms with Gasteiger partial charge in [0.1, 0.15) is 12.1 Å². The molecule has 3 amide bonds. The average molecular weight is 471 g/mol. The second kappa shape index (κ2) is 12.9. The van der Waals surface area contributed by atoms with E-state index in [9.17, 15) is 34.5 Å². The quantitative estimate of drug-likeness (QED) is 0.154. The fourth-order valence-corrected chi connectivity index (χ4v) is 3.01. The van der Waals surface area contributed by atoms with Crippen molar-refractivity contribution in [2.45, 2.75) is 76.9 Å². The Hall–Kier alpha value is -3.03. The van der Waals surface area contributed by atoms with E-state index in [-0.39, 0.29) is 12.3 Å². The van der Waals surface area contributed by atoms with Crippen LogP contribution in [0.2, 0.25) is 0 Å². The van der Waals surface area contributed by atoms with Gasteiger partial charge in [-0.3, -0.25) is 14.4 Å². The summed E-state index contributed by atoms with van der Waals surface area (Å²) in [7, 11) is 0. The molecule has 1 aromatic rings. The summed E-state index contributed by atoms with van der Waals surface area (Å²) in [4.78, 5) is 55.9. The van der Waals surface area contributed by atoms with Gasteiger partial charge in [0, 0.05) is 18.3 Å². The molecule has 0 saturated carbocycles. The Bertz CT molecular complexity index is 797. The monoisotopic (exact) mass is 470 g/mol. The molecular formula is C20H34N6O7. The fourth-order valence-electron chi connectivity index (χ4n) is 3.01. The first kappa shape index (κ1) is 28.0. The van der Waals surface area contributed by atoms with Gasteiger partial charge in [-0.15, -0.1) is 0 Å². The Labute approximate surface area is 191 Å². The van der Waals surface area contributed by atoms with Crippen molar-refractivity contribution in [2.24, 2.45) is 11.7 Å². The molecule has 186 valence electrons. The Morgan fingerprint density at radius 1 is 0.970 bits per heavy atom. The van der Waals surface area contributed by atoms with Gasteiger partial charge in [-0.05, 0) is 26.2 Å². The van der Waals surface area contributed by atoms with Crippen molar-refractivity contribution in [1.82, 2.24) is 25.9 Å². The van der Waals surface area contributed by atoms with E-state index in [1.165, 1.54) is 26.4 Å². The van der Waals surface area contributed by atoms with Gasteiger partial charge >= 0.3 is 5.97 Å². The standard InChI is InChI=1S/C20H34N6O7/c1-9(2)5-13(21)17(29)25-15(10(3)27)19(31)24-14(6-12-7-22-8-23-12)18(30)26-16(11(4)28)20(32)33/h7-11,13-16,27-28H,5-6,21H2,1-4H3,(H,22,23)(H,24,31)(H,25,29)(H,26,30)(H,32,33). The van der Waals surface area contributed by atoms with Gasteiger partial charge in [0.2, 0.25) is 17.7 Å².